The molecule has 2 aromatic heterocycles. The van der Waals surface area contributed by atoms with E-state index < -0.39 is 6.04 Å². The highest BCUT2D eigenvalue weighted by Crippen LogP contribution is 2.21. The molecule has 0 spiro atoms. The number of aromatic nitrogens is 3. The van der Waals surface area contributed by atoms with Gasteiger partial charge < -0.3 is 14.5 Å². The Labute approximate surface area is 133 Å². The maximum absolute atomic E-state index is 13.2. The number of benzene rings is 1. The summed E-state index contributed by atoms with van der Waals surface area (Å²) in [6, 6.07) is 9.15. The molecule has 1 atom stereocenters. The summed E-state index contributed by atoms with van der Waals surface area (Å²) < 4.78 is 16.8. The van der Waals surface area contributed by atoms with E-state index >= 15 is 0 Å². The number of hydrogen-bond acceptors (Lipinski definition) is 2. The number of aryl methyl sites for hydroxylation is 2. The Kier molecular flexibility index (Phi) is 3.97. The van der Waals surface area contributed by atoms with Crippen LogP contribution in [0.5, 0.6) is 0 Å². The Hall–Kier alpha value is -2.89. The number of imidazole rings is 1. The summed E-state index contributed by atoms with van der Waals surface area (Å²) in [4.78, 5) is 16.9. The monoisotopic (exact) mass is 312 g/mol. The van der Waals surface area contributed by atoms with Gasteiger partial charge in [-0.2, -0.15) is 0 Å². The van der Waals surface area contributed by atoms with E-state index in [0.717, 1.165) is 5.56 Å². The third-order valence-corrected chi connectivity index (χ3v) is 3.77. The van der Waals surface area contributed by atoms with Crippen molar-refractivity contribution in [1.29, 1.82) is 0 Å². The lowest BCUT2D eigenvalue weighted by molar-refractivity contribution is 0.0933. The molecule has 0 saturated carbocycles. The molecular formula is C17H17FN4O. The third-order valence-electron chi connectivity index (χ3n) is 3.77. The number of carbonyl (C=O) groups is 1. The molecule has 0 radical (unpaired) electrons. The second-order valence-electron chi connectivity index (χ2n) is 5.36. The molecule has 3 aromatic rings. The van der Waals surface area contributed by atoms with Gasteiger partial charge in [-0.15, -0.1) is 0 Å². The average Bonchev–Trinajstić information content (AvgIpc) is 3.14. The Balaban J connectivity index is 1.96. The second-order valence-corrected chi connectivity index (χ2v) is 5.36. The molecule has 0 bridgehead atoms. The van der Waals surface area contributed by atoms with Crippen molar-refractivity contribution >= 4 is 5.91 Å². The lowest BCUT2D eigenvalue weighted by Gasteiger charge is -2.19. The number of nitrogens with zero attached hydrogens (tertiary/aromatic N) is 3. The molecule has 0 fully saturated rings. The van der Waals surface area contributed by atoms with E-state index in [0.29, 0.717) is 11.5 Å². The molecule has 0 aliphatic carbocycles. The van der Waals surface area contributed by atoms with Crippen LogP contribution in [0.3, 0.4) is 0 Å². The Bertz CT molecular complexity index is 819. The molecule has 23 heavy (non-hydrogen) atoms. The van der Waals surface area contributed by atoms with E-state index in [4.69, 9.17) is 0 Å². The summed E-state index contributed by atoms with van der Waals surface area (Å²) in [7, 11) is 3.66. The molecular weight excluding hydrogens is 295 g/mol. The maximum atomic E-state index is 13.2. The summed E-state index contributed by atoms with van der Waals surface area (Å²) in [5.74, 6) is 0.148. The fraction of sp³-hybridized carbons (Fsp3) is 0.176. The normalized spacial score (nSPS) is 12.1. The minimum atomic E-state index is -0.460. The molecule has 2 heterocycles. The van der Waals surface area contributed by atoms with Gasteiger partial charge in [0.15, 0.2) is 0 Å². The van der Waals surface area contributed by atoms with E-state index in [2.05, 4.69) is 10.3 Å². The first-order chi connectivity index (χ1) is 11.1. The van der Waals surface area contributed by atoms with Gasteiger partial charge in [-0.1, -0.05) is 12.1 Å². The predicted octanol–water partition coefficient (Wildman–Crippen LogP) is 2.42. The van der Waals surface area contributed by atoms with Crippen LogP contribution in [0.25, 0.3) is 0 Å². The van der Waals surface area contributed by atoms with E-state index in [1.54, 1.807) is 35.2 Å². The Morgan fingerprint density at radius 3 is 2.43 bits per heavy atom. The van der Waals surface area contributed by atoms with Gasteiger partial charge >= 0.3 is 0 Å². The molecule has 6 heteroatoms. The van der Waals surface area contributed by atoms with Crippen molar-refractivity contribution in [2.24, 2.45) is 14.1 Å². The number of halogens is 1. The van der Waals surface area contributed by atoms with Crippen LogP contribution in [0.1, 0.15) is 27.9 Å². The predicted molar refractivity (Wildman–Crippen MR) is 84.3 cm³/mol. The fourth-order valence-electron chi connectivity index (χ4n) is 2.51. The zero-order chi connectivity index (χ0) is 16.4. The van der Waals surface area contributed by atoms with Crippen molar-refractivity contribution in [3.8, 4) is 0 Å². The van der Waals surface area contributed by atoms with Gasteiger partial charge in [0.25, 0.3) is 5.91 Å². The molecule has 0 aliphatic rings. The standard InChI is InChI=1S/C17H17FN4O/c1-21-10-3-4-14(21)17(23)20-15(16-19-9-11-22(16)2)12-5-7-13(18)8-6-12/h3-11,15H,1-2H3,(H,20,23). The molecule has 1 N–H and O–H groups in total. The summed E-state index contributed by atoms with van der Waals surface area (Å²) in [6.45, 7) is 0. The lowest BCUT2D eigenvalue weighted by Crippen LogP contribution is -2.32. The van der Waals surface area contributed by atoms with Gasteiger partial charge in [0.1, 0.15) is 23.4 Å². The topological polar surface area (TPSA) is 51.9 Å². The maximum Gasteiger partial charge on any atom is 0.268 e. The average molecular weight is 312 g/mol. The van der Waals surface area contributed by atoms with Gasteiger partial charge in [-0.3, -0.25) is 4.79 Å². The SMILES string of the molecule is Cn1cccc1C(=O)NC(c1ccc(F)cc1)c1nccn1C. The van der Waals surface area contributed by atoms with Crippen molar-refractivity contribution in [2.75, 3.05) is 0 Å². The highest BCUT2D eigenvalue weighted by Gasteiger charge is 2.22. The summed E-state index contributed by atoms with van der Waals surface area (Å²) in [5.41, 5.74) is 1.31. The quantitative estimate of drug-likeness (QED) is 0.804. The van der Waals surface area contributed by atoms with Crippen molar-refractivity contribution in [2.45, 2.75) is 6.04 Å². The molecule has 0 aliphatic heterocycles. The zero-order valence-electron chi connectivity index (χ0n) is 12.9. The minimum absolute atomic E-state index is 0.213. The number of rotatable bonds is 4. The van der Waals surface area contributed by atoms with Crippen molar-refractivity contribution in [3.63, 3.8) is 0 Å². The smallest absolute Gasteiger partial charge is 0.268 e. The Morgan fingerprint density at radius 1 is 1.13 bits per heavy atom. The first-order valence-corrected chi connectivity index (χ1v) is 7.21. The van der Waals surface area contributed by atoms with Gasteiger partial charge in [-0.25, -0.2) is 9.37 Å². The number of nitrogens with one attached hydrogen (secondary N) is 1. The van der Waals surface area contributed by atoms with Crippen molar-refractivity contribution < 1.29 is 9.18 Å². The number of carbonyl (C=O) groups excluding carboxylic acids is 1. The van der Waals surface area contributed by atoms with Crippen LogP contribution in [0.2, 0.25) is 0 Å². The van der Waals surface area contributed by atoms with Crippen LogP contribution in [-0.4, -0.2) is 20.0 Å². The molecule has 5 nitrogen and oxygen atoms in total. The van der Waals surface area contributed by atoms with Crippen LogP contribution < -0.4 is 5.32 Å². The summed E-state index contributed by atoms with van der Waals surface area (Å²) in [6.07, 6.45) is 5.28. The van der Waals surface area contributed by atoms with E-state index in [9.17, 15) is 9.18 Å². The van der Waals surface area contributed by atoms with E-state index in [1.807, 2.05) is 30.9 Å². The molecule has 1 aromatic carbocycles. The molecule has 0 saturated heterocycles. The molecule has 1 unspecified atom stereocenters. The number of amides is 1. The van der Waals surface area contributed by atoms with Crippen LogP contribution >= 0.6 is 0 Å². The van der Waals surface area contributed by atoms with E-state index in [-0.39, 0.29) is 11.7 Å². The lowest BCUT2D eigenvalue weighted by atomic mass is 10.1. The van der Waals surface area contributed by atoms with Gasteiger partial charge in [0, 0.05) is 32.7 Å². The first-order valence-electron chi connectivity index (χ1n) is 7.21. The Morgan fingerprint density at radius 2 is 1.87 bits per heavy atom. The van der Waals surface area contributed by atoms with Crippen molar-refractivity contribution in [3.05, 3.63) is 77.9 Å². The summed E-state index contributed by atoms with van der Waals surface area (Å²) in [5, 5.41) is 2.97. The highest BCUT2D eigenvalue weighted by molar-refractivity contribution is 5.93. The minimum Gasteiger partial charge on any atom is -0.347 e. The van der Waals surface area contributed by atoms with Crippen molar-refractivity contribution in [1.82, 2.24) is 19.4 Å². The van der Waals surface area contributed by atoms with Crippen LogP contribution in [0.4, 0.5) is 4.39 Å². The molecule has 1 amide bonds. The highest BCUT2D eigenvalue weighted by atomic mass is 19.1. The van der Waals surface area contributed by atoms with Gasteiger partial charge in [0.05, 0.1) is 0 Å². The molecule has 3 rings (SSSR count). The fourth-order valence-corrected chi connectivity index (χ4v) is 2.51. The van der Waals surface area contributed by atoms with E-state index in [1.165, 1.54) is 12.1 Å². The third kappa shape index (κ3) is 3.01. The van der Waals surface area contributed by atoms with Crippen LogP contribution in [0, 0.1) is 5.82 Å². The summed E-state index contributed by atoms with van der Waals surface area (Å²) >= 11 is 0. The zero-order valence-corrected chi connectivity index (χ0v) is 12.9. The largest absolute Gasteiger partial charge is 0.347 e. The van der Waals surface area contributed by atoms with Gasteiger partial charge in [0.2, 0.25) is 0 Å². The van der Waals surface area contributed by atoms with Crippen LogP contribution in [0.15, 0.2) is 55.0 Å². The second kappa shape index (κ2) is 6.08. The molecule has 118 valence electrons. The number of hydrogen-bond donors (Lipinski definition) is 1. The first kappa shape index (κ1) is 15.0. The van der Waals surface area contributed by atoms with Gasteiger partial charge in [-0.05, 0) is 29.8 Å². The van der Waals surface area contributed by atoms with Crippen LogP contribution in [-0.2, 0) is 14.1 Å².